The van der Waals surface area contributed by atoms with E-state index < -0.39 is 11.7 Å². The van der Waals surface area contributed by atoms with Gasteiger partial charge in [0.15, 0.2) is 0 Å². The van der Waals surface area contributed by atoms with Crippen molar-refractivity contribution in [1.29, 1.82) is 0 Å². The summed E-state index contributed by atoms with van der Waals surface area (Å²) in [5.41, 5.74) is -0.234. The lowest BCUT2D eigenvalue weighted by Gasteiger charge is -2.18. The van der Waals surface area contributed by atoms with Gasteiger partial charge in [0.1, 0.15) is 0 Å². The minimum atomic E-state index is -4.29. The zero-order chi connectivity index (χ0) is 13.8. The second-order valence-corrected chi connectivity index (χ2v) is 4.90. The average Bonchev–Trinajstić information content (AvgIpc) is 3.05. The maximum absolute atomic E-state index is 12.8. The molecule has 4 heteroatoms. The van der Waals surface area contributed by atoms with Crippen LogP contribution >= 0.6 is 0 Å². The van der Waals surface area contributed by atoms with Gasteiger partial charge in [-0.25, -0.2) is 0 Å². The molecule has 0 aromatic rings. The van der Waals surface area contributed by atoms with Gasteiger partial charge in [0, 0.05) is 18.7 Å². The van der Waals surface area contributed by atoms with Gasteiger partial charge in [-0.3, -0.25) is 0 Å². The van der Waals surface area contributed by atoms with Gasteiger partial charge < -0.3 is 4.90 Å². The lowest BCUT2D eigenvalue weighted by Crippen LogP contribution is -2.25. The Labute approximate surface area is 107 Å². The van der Waals surface area contributed by atoms with Crippen molar-refractivity contribution in [3.8, 4) is 0 Å². The molecule has 102 valence electrons. The topological polar surface area (TPSA) is 3.24 Å². The van der Waals surface area contributed by atoms with E-state index in [1.807, 2.05) is 11.9 Å². The molecule has 1 rings (SSSR count). The van der Waals surface area contributed by atoms with Gasteiger partial charge >= 0.3 is 6.18 Å². The maximum atomic E-state index is 12.8. The van der Waals surface area contributed by atoms with Gasteiger partial charge in [-0.05, 0) is 43.9 Å². The molecule has 1 fully saturated rings. The fourth-order valence-corrected chi connectivity index (χ4v) is 1.72. The largest absolute Gasteiger partial charge is 0.412 e. The summed E-state index contributed by atoms with van der Waals surface area (Å²) in [4.78, 5) is 1.97. The Morgan fingerprint density at radius 1 is 1.39 bits per heavy atom. The summed E-state index contributed by atoms with van der Waals surface area (Å²) in [5, 5.41) is 0. The first-order chi connectivity index (χ1) is 8.32. The summed E-state index contributed by atoms with van der Waals surface area (Å²) < 4.78 is 38.3. The van der Waals surface area contributed by atoms with Crippen molar-refractivity contribution in [2.45, 2.75) is 25.4 Å². The van der Waals surface area contributed by atoms with Crippen molar-refractivity contribution in [3.05, 3.63) is 36.5 Å². The third-order valence-electron chi connectivity index (χ3n) is 3.02. The average molecular weight is 259 g/mol. The van der Waals surface area contributed by atoms with E-state index in [9.17, 15) is 13.2 Å². The number of rotatable bonds is 7. The van der Waals surface area contributed by atoms with E-state index in [-0.39, 0.29) is 6.42 Å². The third-order valence-corrected chi connectivity index (χ3v) is 3.02. The first-order valence-electron chi connectivity index (χ1n) is 6.10. The number of halogens is 3. The van der Waals surface area contributed by atoms with E-state index in [4.69, 9.17) is 0 Å². The lowest BCUT2D eigenvalue weighted by molar-refractivity contribution is -0.0944. The highest BCUT2D eigenvalue weighted by Crippen LogP contribution is 2.31. The summed E-state index contributed by atoms with van der Waals surface area (Å²) in [6, 6.07) is 0. The number of hydrogen-bond donors (Lipinski definition) is 0. The monoisotopic (exact) mass is 259 g/mol. The molecule has 0 aliphatic heterocycles. The van der Waals surface area contributed by atoms with E-state index in [1.165, 1.54) is 18.9 Å². The van der Waals surface area contributed by atoms with E-state index in [2.05, 4.69) is 13.2 Å². The normalized spacial score (nSPS) is 17.1. The Morgan fingerprint density at radius 3 is 2.44 bits per heavy atom. The highest BCUT2D eigenvalue weighted by Gasteiger charge is 2.33. The standard InChI is InChI=1S/C14H20F3N/c1-4-11(2)9-13(14(15,16)17)7-8-18(3)10-12-5-6-12/h4,9,12H,1-2,5-8,10H2,3H3/b13-9+. The summed E-state index contributed by atoms with van der Waals surface area (Å²) in [6.07, 6.45) is 0.544. The summed E-state index contributed by atoms with van der Waals surface area (Å²) >= 11 is 0. The molecular formula is C14H20F3N. The minimum Gasteiger partial charge on any atom is -0.306 e. The molecule has 0 unspecified atom stereocenters. The highest BCUT2D eigenvalue weighted by molar-refractivity contribution is 5.31. The predicted molar refractivity (Wildman–Crippen MR) is 68.3 cm³/mol. The molecule has 1 saturated carbocycles. The van der Waals surface area contributed by atoms with Crippen molar-refractivity contribution < 1.29 is 13.2 Å². The molecule has 0 radical (unpaired) electrons. The zero-order valence-corrected chi connectivity index (χ0v) is 10.8. The molecule has 0 aromatic heterocycles. The van der Waals surface area contributed by atoms with Crippen molar-refractivity contribution in [1.82, 2.24) is 4.90 Å². The van der Waals surface area contributed by atoms with Crippen molar-refractivity contribution >= 4 is 0 Å². The van der Waals surface area contributed by atoms with Gasteiger partial charge in [0.2, 0.25) is 0 Å². The van der Waals surface area contributed by atoms with Crippen LogP contribution in [0.2, 0.25) is 0 Å². The fourth-order valence-electron chi connectivity index (χ4n) is 1.72. The van der Waals surface area contributed by atoms with Crippen LogP contribution in [0, 0.1) is 5.92 Å². The summed E-state index contributed by atoms with van der Waals surface area (Å²) in [7, 11) is 1.87. The summed E-state index contributed by atoms with van der Waals surface area (Å²) in [6.45, 7) is 8.24. The molecule has 0 bridgehead atoms. The molecule has 1 aliphatic carbocycles. The van der Waals surface area contributed by atoms with Crippen LogP contribution in [-0.2, 0) is 0 Å². The van der Waals surface area contributed by atoms with Crippen LogP contribution < -0.4 is 0 Å². The van der Waals surface area contributed by atoms with Crippen LogP contribution in [-0.4, -0.2) is 31.2 Å². The molecule has 18 heavy (non-hydrogen) atoms. The smallest absolute Gasteiger partial charge is 0.306 e. The van der Waals surface area contributed by atoms with Crippen molar-refractivity contribution in [2.75, 3.05) is 20.1 Å². The van der Waals surface area contributed by atoms with Crippen LogP contribution in [0.25, 0.3) is 0 Å². The maximum Gasteiger partial charge on any atom is 0.412 e. The Morgan fingerprint density at radius 2 is 2.00 bits per heavy atom. The molecule has 0 amide bonds. The van der Waals surface area contributed by atoms with Gasteiger partial charge in [-0.1, -0.05) is 19.2 Å². The van der Waals surface area contributed by atoms with Gasteiger partial charge in [0.05, 0.1) is 0 Å². The number of alkyl halides is 3. The highest BCUT2D eigenvalue weighted by atomic mass is 19.4. The molecule has 0 atom stereocenters. The number of nitrogens with zero attached hydrogens (tertiary/aromatic N) is 1. The fraction of sp³-hybridized carbons (Fsp3) is 0.571. The Balaban J connectivity index is 2.52. The van der Waals surface area contributed by atoms with E-state index in [1.54, 1.807) is 0 Å². The quantitative estimate of drug-likeness (QED) is 0.626. The van der Waals surface area contributed by atoms with Crippen LogP contribution in [0.4, 0.5) is 13.2 Å². The molecular weight excluding hydrogens is 239 g/mol. The van der Waals surface area contributed by atoms with Crippen LogP contribution in [0.3, 0.4) is 0 Å². The van der Waals surface area contributed by atoms with E-state index in [0.29, 0.717) is 18.0 Å². The van der Waals surface area contributed by atoms with Gasteiger partial charge in [-0.2, -0.15) is 13.2 Å². The predicted octanol–water partition coefficient (Wildman–Crippen LogP) is 3.95. The van der Waals surface area contributed by atoms with Crippen LogP contribution in [0.1, 0.15) is 19.3 Å². The SMILES string of the molecule is C=CC(=C)/C=C(\CCN(C)CC1CC1)C(F)(F)F. The number of hydrogen-bond acceptors (Lipinski definition) is 1. The molecule has 0 saturated heterocycles. The van der Waals surface area contributed by atoms with Crippen molar-refractivity contribution in [2.24, 2.45) is 5.92 Å². The van der Waals surface area contributed by atoms with E-state index in [0.717, 1.165) is 12.6 Å². The van der Waals surface area contributed by atoms with Crippen LogP contribution in [0.5, 0.6) is 0 Å². The first kappa shape index (κ1) is 15.0. The third kappa shape index (κ3) is 5.54. The molecule has 1 aliphatic rings. The Kier molecular flexibility index (Phi) is 5.20. The second-order valence-electron chi connectivity index (χ2n) is 4.90. The first-order valence-corrected chi connectivity index (χ1v) is 6.10. The lowest BCUT2D eigenvalue weighted by atomic mass is 10.1. The minimum absolute atomic E-state index is 0.000417. The van der Waals surface area contributed by atoms with E-state index >= 15 is 0 Å². The molecule has 0 aromatic carbocycles. The molecule has 1 nitrogen and oxygen atoms in total. The molecule has 0 spiro atoms. The van der Waals surface area contributed by atoms with Crippen LogP contribution in [0.15, 0.2) is 36.5 Å². The second kappa shape index (κ2) is 6.23. The van der Waals surface area contributed by atoms with Gasteiger partial charge in [0.25, 0.3) is 0 Å². The van der Waals surface area contributed by atoms with Crippen molar-refractivity contribution in [3.63, 3.8) is 0 Å². The molecule has 0 heterocycles. The van der Waals surface area contributed by atoms with Gasteiger partial charge in [-0.15, -0.1) is 0 Å². The summed E-state index contributed by atoms with van der Waals surface area (Å²) in [5.74, 6) is 0.691. The Bertz CT molecular complexity index is 337. The Hall–Kier alpha value is -1.03. The molecule has 0 N–H and O–H groups in total. The number of allylic oxidation sites excluding steroid dienone is 3. The zero-order valence-electron chi connectivity index (χ0n) is 10.8.